The Morgan fingerprint density at radius 3 is 2.89 bits per heavy atom. The lowest BCUT2D eigenvalue weighted by Gasteiger charge is -2.33. The van der Waals surface area contributed by atoms with E-state index < -0.39 is 0 Å². The Balaban J connectivity index is 1.62. The minimum atomic E-state index is 0.0418. The number of carbonyl (C=O) groups excluding carboxylic acids is 1. The summed E-state index contributed by atoms with van der Waals surface area (Å²) in [5, 5.41) is 13.2. The number of rotatable bonds is 2. The molecule has 1 amide bonds. The lowest BCUT2D eigenvalue weighted by molar-refractivity contribution is -0.115. The first-order valence-corrected chi connectivity index (χ1v) is 9.27. The van der Waals surface area contributed by atoms with E-state index >= 15 is 0 Å². The van der Waals surface area contributed by atoms with E-state index in [2.05, 4.69) is 38.4 Å². The van der Waals surface area contributed by atoms with Crippen LogP contribution in [-0.2, 0) is 11.2 Å². The summed E-state index contributed by atoms with van der Waals surface area (Å²) in [6, 6.07) is 10.6. The number of piperidine rings is 1. The van der Waals surface area contributed by atoms with Crippen molar-refractivity contribution in [3.05, 3.63) is 42.2 Å². The zero-order chi connectivity index (χ0) is 18.4. The molecular formula is C21H19N5O. The summed E-state index contributed by atoms with van der Waals surface area (Å²) in [7, 11) is 0. The van der Waals surface area contributed by atoms with Gasteiger partial charge in [-0.15, -0.1) is 0 Å². The van der Waals surface area contributed by atoms with Gasteiger partial charge in [0, 0.05) is 48.0 Å². The van der Waals surface area contributed by atoms with E-state index in [-0.39, 0.29) is 11.8 Å². The third-order valence-electron chi connectivity index (χ3n) is 5.60. The summed E-state index contributed by atoms with van der Waals surface area (Å²) in [5.74, 6) is 0.184. The second-order valence-electron chi connectivity index (χ2n) is 7.25. The number of H-pyrrole nitrogens is 1. The number of hydrogen-bond acceptors (Lipinski definition) is 4. The molecule has 27 heavy (non-hydrogen) atoms. The van der Waals surface area contributed by atoms with Crippen LogP contribution < -0.4 is 10.2 Å². The number of fused-ring (bicyclic) bond motifs is 2. The van der Waals surface area contributed by atoms with Crippen molar-refractivity contribution in [2.24, 2.45) is 5.92 Å². The molecule has 0 aliphatic carbocycles. The van der Waals surface area contributed by atoms with E-state index in [0.717, 1.165) is 65.0 Å². The van der Waals surface area contributed by atoms with Gasteiger partial charge in [-0.1, -0.05) is 12.1 Å². The van der Waals surface area contributed by atoms with E-state index in [4.69, 9.17) is 0 Å². The minimum Gasteiger partial charge on any atom is -0.370 e. The van der Waals surface area contributed by atoms with Crippen LogP contribution in [0.5, 0.6) is 0 Å². The molecule has 2 aliphatic rings. The van der Waals surface area contributed by atoms with Gasteiger partial charge in [0.25, 0.3) is 0 Å². The molecule has 0 saturated carbocycles. The van der Waals surface area contributed by atoms with Crippen LogP contribution in [0.2, 0.25) is 0 Å². The molecule has 5 rings (SSSR count). The van der Waals surface area contributed by atoms with Crippen molar-refractivity contribution in [2.45, 2.75) is 19.3 Å². The molecule has 4 heterocycles. The van der Waals surface area contributed by atoms with Crippen molar-refractivity contribution in [1.82, 2.24) is 9.97 Å². The van der Waals surface area contributed by atoms with Crippen molar-refractivity contribution >= 4 is 28.3 Å². The third kappa shape index (κ3) is 2.63. The number of nitrogens with one attached hydrogen (secondary N) is 2. The van der Waals surface area contributed by atoms with Crippen LogP contribution in [0, 0.1) is 17.2 Å². The van der Waals surface area contributed by atoms with E-state index in [1.54, 1.807) is 0 Å². The number of carbonyl (C=O) groups is 1. The number of pyridine rings is 1. The third-order valence-corrected chi connectivity index (χ3v) is 5.60. The molecule has 0 atom stereocenters. The average molecular weight is 357 g/mol. The van der Waals surface area contributed by atoms with Crippen LogP contribution in [-0.4, -0.2) is 29.0 Å². The topological polar surface area (TPSA) is 84.8 Å². The molecule has 0 unspecified atom stereocenters. The molecule has 6 nitrogen and oxygen atoms in total. The maximum atomic E-state index is 11.7. The molecule has 1 saturated heterocycles. The molecule has 2 aromatic heterocycles. The quantitative estimate of drug-likeness (QED) is 0.735. The van der Waals surface area contributed by atoms with Gasteiger partial charge in [0.2, 0.25) is 5.91 Å². The van der Waals surface area contributed by atoms with Gasteiger partial charge in [-0.3, -0.25) is 4.79 Å². The highest BCUT2D eigenvalue weighted by Crippen LogP contribution is 2.39. The van der Waals surface area contributed by atoms with Gasteiger partial charge in [0.1, 0.15) is 5.65 Å². The molecular weight excluding hydrogens is 338 g/mol. The fraction of sp³-hybridized carbons (Fsp3) is 0.286. The van der Waals surface area contributed by atoms with Crippen LogP contribution in [0.1, 0.15) is 18.4 Å². The van der Waals surface area contributed by atoms with Gasteiger partial charge < -0.3 is 15.2 Å². The van der Waals surface area contributed by atoms with Crippen LogP contribution in [0.25, 0.3) is 22.2 Å². The first-order valence-electron chi connectivity index (χ1n) is 9.27. The average Bonchev–Trinajstić information content (AvgIpc) is 3.31. The van der Waals surface area contributed by atoms with Crippen molar-refractivity contribution in [3.8, 4) is 17.2 Å². The second kappa shape index (κ2) is 6.13. The van der Waals surface area contributed by atoms with Crippen molar-refractivity contribution in [2.75, 3.05) is 23.3 Å². The zero-order valence-electron chi connectivity index (χ0n) is 14.8. The largest absolute Gasteiger partial charge is 0.370 e. The number of amides is 1. The Bertz CT molecular complexity index is 1090. The summed E-state index contributed by atoms with van der Waals surface area (Å²) < 4.78 is 0. The fourth-order valence-electron chi connectivity index (χ4n) is 4.16. The molecule has 2 aliphatic heterocycles. The van der Waals surface area contributed by atoms with E-state index in [0.29, 0.717) is 6.42 Å². The molecule has 0 bridgehead atoms. The highest BCUT2D eigenvalue weighted by Gasteiger charge is 2.25. The SMILES string of the molecule is N#CC1CCN(c2c(-c3ccc4c(c3)NC(=O)C4)cnc3[nH]ccc23)CC1. The predicted molar refractivity (Wildman–Crippen MR) is 104 cm³/mol. The van der Waals surface area contributed by atoms with Gasteiger partial charge in [-0.05, 0) is 36.1 Å². The minimum absolute atomic E-state index is 0.0418. The Kier molecular flexibility index (Phi) is 3.61. The van der Waals surface area contributed by atoms with Gasteiger partial charge in [0.05, 0.1) is 18.2 Å². The van der Waals surface area contributed by atoms with E-state index in [1.165, 1.54) is 0 Å². The first kappa shape index (κ1) is 15.9. The summed E-state index contributed by atoms with van der Waals surface area (Å²) in [6.45, 7) is 1.72. The molecule has 6 heteroatoms. The lowest BCUT2D eigenvalue weighted by atomic mass is 9.95. The Hall–Kier alpha value is -3.33. The number of aromatic amines is 1. The lowest BCUT2D eigenvalue weighted by Crippen LogP contribution is -2.33. The van der Waals surface area contributed by atoms with Crippen molar-refractivity contribution in [1.29, 1.82) is 5.26 Å². The van der Waals surface area contributed by atoms with E-state index in [9.17, 15) is 10.1 Å². The van der Waals surface area contributed by atoms with Crippen LogP contribution in [0.3, 0.4) is 0 Å². The maximum absolute atomic E-state index is 11.7. The number of nitriles is 1. The van der Waals surface area contributed by atoms with Gasteiger partial charge in [-0.2, -0.15) is 5.26 Å². The number of anilines is 2. The van der Waals surface area contributed by atoms with E-state index in [1.807, 2.05) is 24.5 Å². The zero-order valence-corrected chi connectivity index (χ0v) is 14.8. The van der Waals surface area contributed by atoms with Gasteiger partial charge in [-0.25, -0.2) is 4.98 Å². The number of hydrogen-bond donors (Lipinski definition) is 2. The normalized spacial score (nSPS) is 17.0. The number of aromatic nitrogens is 2. The monoisotopic (exact) mass is 357 g/mol. The van der Waals surface area contributed by atoms with Crippen LogP contribution >= 0.6 is 0 Å². The van der Waals surface area contributed by atoms with Crippen LogP contribution in [0.15, 0.2) is 36.7 Å². The summed E-state index contributed by atoms with van der Waals surface area (Å²) in [6.07, 6.45) is 6.02. The highest BCUT2D eigenvalue weighted by atomic mass is 16.1. The Labute approximate surface area is 156 Å². The van der Waals surface area contributed by atoms with Gasteiger partial charge >= 0.3 is 0 Å². The number of benzene rings is 1. The molecule has 1 fully saturated rings. The van der Waals surface area contributed by atoms with Crippen LogP contribution in [0.4, 0.5) is 11.4 Å². The second-order valence-corrected chi connectivity index (χ2v) is 7.25. The first-order chi connectivity index (χ1) is 13.2. The highest BCUT2D eigenvalue weighted by molar-refractivity contribution is 6.02. The molecule has 1 aromatic carbocycles. The maximum Gasteiger partial charge on any atom is 0.228 e. The summed E-state index contributed by atoms with van der Waals surface area (Å²) in [4.78, 5) is 21.9. The molecule has 3 aromatic rings. The fourth-order valence-corrected chi connectivity index (χ4v) is 4.16. The molecule has 134 valence electrons. The Morgan fingerprint density at radius 2 is 2.07 bits per heavy atom. The number of nitrogens with zero attached hydrogens (tertiary/aromatic N) is 3. The smallest absolute Gasteiger partial charge is 0.228 e. The summed E-state index contributed by atoms with van der Waals surface area (Å²) in [5.41, 5.74) is 6.05. The standard InChI is InChI=1S/C21H19N5O/c22-11-13-4-7-26(8-5-13)20-16-3-6-23-21(16)24-12-17(20)14-1-2-15-10-19(27)25-18(15)9-14/h1-3,6,9,12-13H,4-5,7-8,10H2,(H,23,24)(H,25,27). The van der Waals surface area contributed by atoms with Gasteiger partial charge in [0.15, 0.2) is 0 Å². The predicted octanol–water partition coefficient (Wildman–Crippen LogP) is 3.46. The molecule has 2 N–H and O–H groups in total. The molecule has 0 spiro atoms. The Morgan fingerprint density at radius 1 is 1.22 bits per heavy atom. The molecule has 0 radical (unpaired) electrons. The van der Waals surface area contributed by atoms with Crippen molar-refractivity contribution < 1.29 is 4.79 Å². The summed E-state index contributed by atoms with van der Waals surface area (Å²) >= 11 is 0. The van der Waals surface area contributed by atoms with Crippen molar-refractivity contribution in [3.63, 3.8) is 0 Å².